The molecule has 0 aliphatic carbocycles. The maximum absolute atomic E-state index is 12.5. The molecule has 2 aromatic carbocycles. The summed E-state index contributed by atoms with van der Waals surface area (Å²) in [5, 5.41) is 10.4. The highest BCUT2D eigenvalue weighted by atomic mass is 16.2. The van der Waals surface area contributed by atoms with Crippen molar-refractivity contribution >= 4 is 17.5 Å². The standard InChI is InChI=1S/C24H27N5O2/c30-23(15-19-16-25-29(17-19)22-9-5-2-6-10-22)26-21-11-13-28(14-12-21)18-24(31)27-20-7-3-1-4-8-20/h1-10,16-17,21H,11-15,18H2,(H,26,30)(H,27,31). The van der Waals surface area contributed by atoms with Crippen LogP contribution in [0.3, 0.4) is 0 Å². The van der Waals surface area contributed by atoms with Crippen LogP contribution in [0.4, 0.5) is 5.69 Å². The average Bonchev–Trinajstić information content (AvgIpc) is 3.25. The van der Waals surface area contributed by atoms with Crippen molar-refractivity contribution in [1.29, 1.82) is 0 Å². The first-order chi connectivity index (χ1) is 15.2. The Bertz CT molecular complexity index is 995. The summed E-state index contributed by atoms with van der Waals surface area (Å²) in [6.07, 6.45) is 5.62. The van der Waals surface area contributed by atoms with Gasteiger partial charge in [0.25, 0.3) is 0 Å². The van der Waals surface area contributed by atoms with Crippen molar-refractivity contribution in [3.05, 3.63) is 78.6 Å². The molecule has 7 nitrogen and oxygen atoms in total. The number of amides is 2. The first-order valence-electron chi connectivity index (χ1n) is 10.6. The van der Waals surface area contributed by atoms with Crippen molar-refractivity contribution < 1.29 is 9.59 Å². The number of hydrogen-bond acceptors (Lipinski definition) is 4. The molecule has 0 radical (unpaired) electrons. The molecule has 3 aromatic rings. The third-order valence-corrected chi connectivity index (χ3v) is 5.40. The zero-order chi connectivity index (χ0) is 21.5. The predicted octanol–water partition coefficient (Wildman–Crippen LogP) is 2.63. The van der Waals surface area contributed by atoms with E-state index in [0.29, 0.717) is 13.0 Å². The lowest BCUT2D eigenvalue weighted by Gasteiger charge is -2.31. The summed E-state index contributed by atoms with van der Waals surface area (Å²) in [4.78, 5) is 26.8. The van der Waals surface area contributed by atoms with Crippen LogP contribution in [0.1, 0.15) is 18.4 Å². The summed E-state index contributed by atoms with van der Waals surface area (Å²) in [6.45, 7) is 1.95. The number of aromatic nitrogens is 2. The van der Waals surface area contributed by atoms with Crippen LogP contribution in [0.2, 0.25) is 0 Å². The summed E-state index contributed by atoms with van der Waals surface area (Å²) in [5.74, 6) is -0.00278. The monoisotopic (exact) mass is 417 g/mol. The van der Waals surface area contributed by atoms with E-state index < -0.39 is 0 Å². The fourth-order valence-electron chi connectivity index (χ4n) is 3.80. The van der Waals surface area contributed by atoms with Gasteiger partial charge in [0.2, 0.25) is 11.8 Å². The van der Waals surface area contributed by atoms with Gasteiger partial charge < -0.3 is 10.6 Å². The molecule has 1 fully saturated rings. The zero-order valence-electron chi connectivity index (χ0n) is 17.4. The SMILES string of the molecule is O=C(CN1CCC(NC(=O)Cc2cnn(-c3ccccc3)c2)CC1)Nc1ccccc1. The Kier molecular flexibility index (Phi) is 6.74. The molecule has 1 aromatic heterocycles. The van der Waals surface area contributed by atoms with Gasteiger partial charge in [-0.1, -0.05) is 36.4 Å². The number of anilines is 1. The molecule has 160 valence electrons. The predicted molar refractivity (Wildman–Crippen MR) is 120 cm³/mol. The molecule has 0 saturated carbocycles. The minimum atomic E-state index is -0.0101. The smallest absolute Gasteiger partial charge is 0.238 e. The van der Waals surface area contributed by atoms with Crippen molar-refractivity contribution in [2.75, 3.05) is 25.0 Å². The molecule has 0 unspecified atom stereocenters. The van der Waals surface area contributed by atoms with E-state index in [2.05, 4.69) is 20.6 Å². The van der Waals surface area contributed by atoms with Gasteiger partial charge in [0.1, 0.15) is 0 Å². The number of rotatable bonds is 7. The largest absolute Gasteiger partial charge is 0.353 e. The molecule has 0 atom stereocenters. The van der Waals surface area contributed by atoms with Crippen molar-refractivity contribution in [2.24, 2.45) is 0 Å². The zero-order valence-corrected chi connectivity index (χ0v) is 17.4. The Morgan fingerprint density at radius 2 is 1.61 bits per heavy atom. The lowest BCUT2D eigenvalue weighted by atomic mass is 10.0. The van der Waals surface area contributed by atoms with Gasteiger partial charge in [0.15, 0.2) is 0 Å². The van der Waals surface area contributed by atoms with Crippen molar-refractivity contribution in [3.63, 3.8) is 0 Å². The molecular formula is C24H27N5O2. The van der Waals surface area contributed by atoms with E-state index in [0.717, 1.165) is 42.9 Å². The molecule has 2 amide bonds. The number of carbonyl (C=O) groups excluding carboxylic acids is 2. The number of piperidine rings is 1. The maximum Gasteiger partial charge on any atom is 0.238 e. The van der Waals surface area contributed by atoms with Gasteiger partial charge in [-0.15, -0.1) is 0 Å². The normalized spacial score (nSPS) is 14.8. The second-order valence-corrected chi connectivity index (χ2v) is 7.84. The Morgan fingerprint density at radius 1 is 0.935 bits per heavy atom. The number of likely N-dealkylation sites (tertiary alicyclic amines) is 1. The molecule has 1 aliphatic rings. The van der Waals surface area contributed by atoms with Crippen LogP contribution in [-0.2, 0) is 16.0 Å². The second-order valence-electron chi connectivity index (χ2n) is 7.84. The van der Waals surface area contributed by atoms with Gasteiger partial charge in [-0.25, -0.2) is 4.68 Å². The van der Waals surface area contributed by atoms with Crippen LogP contribution in [0.25, 0.3) is 5.69 Å². The van der Waals surface area contributed by atoms with E-state index >= 15 is 0 Å². The molecule has 2 heterocycles. The van der Waals surface area contributed by atoms with Crippen LogP contribution < -0.4 is 10.6 Å². The summed E-state index contributed by atoms with van der Waals surface area (Å²) < 4.78 is 1.78. The number of hydrogen-bond donors (Lipinski definition) is 2. The minimum absolute atomic E-state index is 0.00730. The third kappa shape index (κ3) is 6.02. The van der Waals surface area contributed by atoms with Crippen LogP contribution in [0, 0.1) is 0 Å². The van der Waals surface area contributed by atoms with Gasteiger partial charge in [0.05, 0.1) is 24.8 Å². The lowest BCUT2D eigenvalue weighted by molar-refractivity contribution is -0.122. The number of nitrogens with one attached hydrogen (secondary N) is 2. The van der Waals surface area contributed by atoms with Crippen LogP contribution in [0.5, 0.6) is 0 Å². The van der Waals surface area contributed by atoms with E-state index in [4.69, 9.17) is 0 Å². The molecule has 0 spiro atoms. The summed E-state index contributed by atoms with van der Waals surface area (Å²) >= 11 is 0. The van der Waals surface area contributed by atoms with Gasteiger partial charge in [-0.2, -0.15) is 5.10 Å². The van der Waals surface area contributed by atoms with E-state index in [-0.39, 0.29) is 17.9 Å². The summed E-state index contributed by atoms with van der Waals surface area (Å²) in [5.41, 5.74) is 2.67. The fourth-order valence-corrected chi connectivity index (χ4v) is 3.80. The van der Waals surface area contributed by atoms with Crippen LogP contribution >= 0.6 is 0 Å². The lowest BCUT2D eigenvalue weighted by Crippen LogP contribution is -2.46. The number of benzene rings is 2. The van der Waals surface area contributed by atoms with Crippen LogP contribution in [-0.4, -0.2) is 52.2 Å². The van der Waals surface area contributed by atoms with Gasteiger partial charge in [-0.3, -0.25) is 14.5 Å². The molecule has 31 heavy (non-hydrogen) atoms. The Balaban J connectivity index is 1.19. The van der Waals surface area contributed by atoms with Gasteiger partial charge in [0, 0.05) is 31.0 Å². The van der Waals surface area contributed by atoms with Crippen LogP contribution in [0.15, 0.2) is 73.1 Å². The van der Waals surface area contributed by atoms with E-state index in [1.807, 2.05) is 66.9 Å². The average molecular weight is 418 g/mol. The molecule has 4 rings (SSSR count). The highest BCUT2D eigenvalue weighted by Gasteiger charge is 2.22. The van der Waals surface area contributed by atoms with Crippen molar-refractivity contribution in [2.45, 2.75) is 25.3 Å². The highest BCUT2D eigenvalue weighted by molar-refractivity contribution is 5.92. The topological polar surface area (TPSA) is 79.3 Å². The third-order valence-electron chi connectivity index (χ3n) is 5.40. The van der Waals surface area contributed by atoms with E-state index in [9.17, 15) is 9.59 Å². The maximum atomic E-state index is 12.5. The number of carbonyl (C=O) groups is 2. The molecular weight excluding hydrogens is 390 g/mol. The molecule has 1 saturated heterocycles. The Hall–Kier alpha value is -3.45. The second kappa shape index (κ2) is 10.0. The minimum Gasteiger partial charge on any atom is -0.353 e. The fraction of sp³-hybridized carbons (Fsp3) is 0.292. The molecule has 0 bridgehead atoms. The highest BCUT2D eigenvalue weighted by Crippen LogP contribution is 2.12. The Morgan fingerprint density at radius 3 is 2.32 bits per heavy atom. The first kappa shape index (κ1) is 20.8. The van der Waals surface area contributed by atoms with Crippen molar-refractivity contribution in [3.8, 4) is 5.69 Å². The molecule has 1 aliphatic heterocycles. The number of para-hydroxylation sites is 2. The van der Waals surface area contributed by atoms with Gasteiger partial charge >= 0.3 is 0 Å². The molecule has 7 heteroatoms. The van der Waals surface area contributed by atoms with Crippen molar-refractivity contribution in [1.82, 2.24) is 20.0 Å². The van der Waals surface area contributed by atoms with E-state index in [1.54, 1.807) is 10.9 Å². The summed E-state index contributed by atoms with van der Waals surface area (Å²) in [6, 6.07) is 19.5. The quantitative estimate of drug-likeness (QED) is 0.619. The van der Waals surface area contributed by atoms with Gasteiger partial charge in [-0.05, 0) is 42.7 Å². The first-order valence-corrected chi connectivity index (χ1v) is 10.6. The summed E-state index contributed by atoms with van der Waals surface area (Å²) in [7, 11) is 0. The Labute approximate surface area is 182 Å². The molecule has 2 N–H and O–H groups in total. The number of nitrogens with zero attached hydrogens (tertiary/aromatic N) is 3. The van der Waals surface area contributed by atoms with E-state index in [1.165, 1.54) is 0 Å².